The molecule has 0 spiro atoms. The molecule has 1 fully saturated rings. The minimum Gasteiger partial charge on any atom is -0.338 e. The van der Waals surface area contributed by atoms with Crippen molar-refractivity contribution < 1.29 is 4.79 Å². The fraction of sp³-hybridized carbons (Fsp3) is 0.438. The molecule has 2 aromatic rings. The van der Waals surface area contributed by atoms with Crippen LogP contribution in [0.4, 0.5) is 0 Å². The molecule has 4 heteroatoms. The largest absolute Gasteiger partial charge is 0.338 e. The van der Waals surface area contributed by atoms with Crippen molar-refractivity contribution in [1.29, 1.82) is 0 Å². The van der Waals surface area contributed by atoms with Crippen LogP contribution in [0, 0.1) is 5.92 Å². The summed E-state index contributed by atoms with van der Waals surface area (Å²) in [5.74, 6) is 0.965. The van der Waals surface area contributed by atoms with Gasteiger partial charge in [0.2, 0.25) is 5.91 Å². The lowest BCUT2D eigenvalue weighted by atomic mass is 10.0. The Morgan fingerprint density at radius 1 is 1.40 bits per heavy atom. The highest BCUT2D eigenvalue weighted by Gasteiger charge is 2.29. The molecule has 2 aromatic heterocycles. The number of carbonyl (C=O) groups is 1. The number of aromatic nitrogens is 2. The number of pyridine rings is 2. The maximum atomic E-state index is 12.2. The van der Waals surface area contributed by atoms with Crippen molar-refractivity contribution in [2.75, 3.05) is 6.54 Å². The SMILES string of the molecule is O=C(CC1CC1)N1CCc2nc3ncccc3cc2C1. The number of nitrogens with zero attached hydrogens (tertiary/aromatic N) is 3. The average molecular weight is 267 g/mol. The van der Waals surface area contributed by atoms with E-state index in [0.717, 1.165) is 36.1 Å². The van der Waals surface area contributed by atoms with Gasteiger partial charge >= 0.3 is 0 Å². The lowest BCUT2D eigenvalue weighted by molar-refractivity contribution is -0.132. The number of amides is 1. The second-order valence-electron chi connectivity index (χ2n) is 5.86. The van der Waals surface area contributed by atoms with Crippen LogP contribution in [-0.4, -0.2) is 27.3 Å². The van der Waals surface area contributed by atoms with Crippen molar-refractivity contribution in [2.45, 2.75) is 32.2 Å². The van der Waals surface area contributed by atoms with Crippen LogP contribution in [0.15, 0.2) is 24.4 Å². The van der Waals surface area contributed by atoms with Gasteiger partial charge in [-0.25, -0.2) is 9.97 Å². The molecule has 1 aliphatic carbocycles. The maximum Gasteiger partial charge on any atom is 0.223 e. The number of hydrogen-bond acceptors (Lipinski definition) is 3. The van der Waals surface area contributed by atoms with E-state index in [0.29, 0.717) is 18.4 Å². The standard InChI is InChI=1S/C16H17N3O/c20-15(8-11-3-4-11)19-7-5-14-13(10-19)9-12-2-1-6-17-16(12)18-14/h1-2,6,9,11H,3-5,7-8,10H2. The number of rotatable bonds is 2. The Morgan fingerprint density at radius 2 is 2.30 bits per heavy atom. The van der Waals surface area contributed by atoms with Crippen LogP contribution in [0.1, 0.15) is 30.5 Å². The molecule has 1 saturated carbocycles. The monoisotopic (exact) mass is 267 g/mol. The van der Waals surface area contributed by atoms with Crippen molar-refractivity contribution in [1.82, 2.24) is 14.9 Å². The molecule has 4 rings (SSSR count). The fourth-order valence-corrected chi connectivity index (χ4v) is 2.88. The summed E-state index contributed by atoms with van der Waals surface area (Å²) in [7, 11) is 0. The van der Waals surface area contributed by atoms with Gasteiger partial charge in [-0.15, -0.1) is 0 Å². The molecule has 0 bridgehead atoms. The zero-order chi connectivity index (χ0) is 13.5. The number of hydrogen-bond donors (Lipinski definition) is 0. The lowest BCUT2D eigenvalue weighted by Gasteiger charge is -2.28. The lowest BCUT2D eigenvalue weighted by Crippen LogP contribution is -2.36. The zero-order valence-corrected chi connectivity index (χ0v) is 11.4. The topological polar surface area (TPSA) is 46.1 Å². The van der Waals surface area contributed by atoms with E-state index in [-0.39, 0.29) is 0 Å². The third kappa shape index (κ3) is 2.15. The Kier molecular flexibility index (Phi) is 2.69. The van der Waals surface area contributed by atoms with E-state index in [9.17, 15) is 4.79 Å². The predicted octanol–water partition coefficient (Wildman–Crippen LogP) is 2.31. The van der Waals surface area contributed by atoms with Gasteiger partial charge in [-0.2, -0.15) is 0 Å². The quantitative estimate of drug-likeness (QED) is 0.839. The number of fused-ring (bicyclic) bond motifs is 2. The van der Waals surface area contributed by atoms with Gasteiger partial charge in [0.25, 0.3) is 0 Å². The molecule has 0 radical (unpaired) electrons. The second kappa shape index (κ2) is 4.54. The van der Waals surface area contributed by atoms with Crippen LogP contribution in [-0.2, 0) is 17.8 Å². The summed E-state index contributed by atoms with van der Waals surface area (Å²) in [6, 6.07) is 6.09. The van der Waals surface area contributed by atoms with E-state index in [2.05, 4.69) is 16.0 Å². The molecular formula is C16H17N3O. The van der Waals surface area contributed by atoms with Crippen LogP contribution in [0.5, 0.6) is 0 Å². The molecule has 1 aliphatic heterocycles. The van der Waals surface area contributed by atoms with E-state index in [4.69, 9.17) is 0 Å². The molecular weight excluding hydrogens is 250 g/mol. The molecule has 3 heterocycles. The zero-order valence-electron chi connectivity index (χ0n) is 11.4. The van der Waals surface area contributed by atoms with Gasteiger partial charge in [-0.1, -0.05) is 0 Å². The van der Waals surface area contributed by atoms with Crippen LogP contribution in [0.25, 0.3) is 11.0 Å². The summed E-state index contributed by atoms with van der Waals surface area (Å²) in [6.45, 7) is 1.50. The number of carbonyl (C=O) groups excluding carboxylic acids is 1. The summed E-state index contributed by atoms with van der Waals surface area (Å²) in [4.78, 5) is 23.1. The first-order chi connectivity index (χ1) is 9.79. The van der Waals surface area contributed by atoms with Crippen molar-refractivity contribution in [2.24, 2.45) is 5.92 Å². The van der Waals surface area contributed by atoms with E-state index >= 15 is 0 Å². The predicted molar refractivity (Wildman–Crippen MR) is 76.0 cm³/mol. The first kappa shape index (κ1) is 11.8. The van der Waals surface area contributed by atoms with Crippen molar-refractivity contribution in [3.63, 3.8) is 0 Å². The van der Waals surface area contributed by atoms with Gasteiger partial charge in [-0.05, 0) is 42.5 Å². The van der Waals surface area contributed by atoms with Crippen LogP contribution >= 0.6 is 0 Å². The molecule has 1 amide bonds. The highest BCUT2D eigenvalue weighted by Crippen LogP contribution is 2.33. The Bertz CT molecular complexity index is 678. The summed E-state index contributed by atoms with van der Waals surface area (Å²) >= 11 is 0. The van der Waals surface area contributed by atoms with Gasteiger partial charge in [0.15, 0.2) is 5.65 Å². The normalized spacial score (nSPS) is 18.1. The van der Waals surface area contributed by atoms with E-state index in [1.807, 2.05) is 17.0 Å². The average Bonchev–Trinajstić information content (AvgIpc) is 3.28. The van der Waals surface area contributed by atoms with Crippen molar-refractivity contribution >= 4 is 16.9 Å². The summed E-state index contributed by atoms with van der Waals surface area (Å²) in [6.07, 6.45) is 5.81. The first-order valence-corrected chi connectivity index (χ1v) is 7.31. The van der Waals surface area contributed by atoms with E-state index < -0.39 is 0 Å². The molecule has 20 heavy (non-hydrogen) atoms. The van der Waals surface area contributed by atoms with Crippen molar-refractivity contribution in [3.8, 4) is 0 Å². The summed E-state index contributed by atoms with van der Waals surface area (Å²) in [5, 5.41) is 1.06. The van der Waals surface area contributed by atoms with Gasteiger partial charge < -0.3 is 4.90 Å². The molecule has 4 nitrogen and oxygen atoms in total. The second-order valence-corrected chi connectivity index (χ2v) is 5.86. The molecule has 0 unspecified atom stereocenters. The molecule has 2 aliphatic rings. The Morgan fingerprint density at radius 3 is 3.15 bits per heavy atom. The Hall–Kier alpha value is -1.97. The van der Waals surface area contributed by atoms with E-state index in [1.165, 1.54) is 18.4 Å². The summed E-state index contributed by atoms with van der Waals surface area (Å²) in [5.41, 5.74) is 3.09. The third-order valence-corrected chi connectivity index (χ3v) is 4.25. The van der Waals surface area contributed by atoms with Crippen LogP contribution in [0.2, 0.25) is 0 Å². The van der Waals surface area contributed by atoms with Gasteiger partial charge in [-0.3, -0.25) is 4.79 Å². The highest BCUT2D eigenvalue weighted by molar-refractivity contribution is 5.78. The van der Waals surface area contributed by atoms with Gasteiger partial charge in [0, 0.05) is 43.2 Å². The maximum absolute atomic E-state index is 12.2. The third-order valence-electron chi connectivity index (χ3n) is 4.25. The van der Waals surface area contributed by atoms with Gasteiger partial charge in [0.1, 0.15) is 0 Å². The molecule has 0 atom stereocenters. The minimum atomic E-state index is 0.310. The Balaban J connectivity index is 1.61. The van der Waals surface area contributed by atoms with Crippen molar-refractivity contribution in [3.05, 3.63) is 35.7 Å². The van der Waals surface area contributed by atoms with Gasteiger partial charge in [0.05, 0.1) is 0 Å². The Labute approximate surface area is 117 Å². The highest BCUT2D eigenvalue weighted by atomic mass is 16.2. The fourth-order valence-electron chi connectivity index (χ4n) is 2.88. The van der Waals surface area contributed by atoms with Crippen LogP contribution < -0.4 is 0 Å². The molecule has 0 saturated heterocycles. The molecule has 0 aromatic carbocycles. The summed E-state index contributed by atoms with van der Waals surface area (Å²) < 4.78 is 0. The minimum absolute atomic E-state index is 0.310. The molecule has 102 valence electrons. The van der Waals surface area contributed by atoms with E-state index in [1.54, 1.807) is 6.20 Å². The smallest absolute Gasteiger partial charge is 0.223 e. The molecule has 0 N–H and O–H groups in total. The first-order valence-electron chi connectivity index (χ1n) is 7.31. The van der Waals surface area contributed by atoms with Crippen LogP contribution in [0.3, 0.4) is 0 Å².